The van der Waals surface area contributed by atoms with Crippen molar-refractivity contribution in [1.29, 1.82) is 0 Å². The zero-order valence-electron chi connectivity index (χ0n) is 41.2. The highest BCUT2D eigenvalue weighted by Gasteiger charge is 2.20. The molecule has 0 bridgehead atoms. The summed E-state index contributed by atoms with van der Waals surface area (Å²) in [5.74, 6) is -0.102. The van der Waals surface area contributed by atoms with E-state index in [4.69, 9.17) is 4.74 Å². The molecule has 0 aromatic rings. The molecule has 3 N–H and O–H groups in total. The molecule has 6 heteroatoms. The molecule has 6 nitrogen and oxygen atoms in total. The molecular formula is C55H107NO5. The number of rotatable bonds is 51. The Morgan fingerprint density at radius 2 is 0.770 bits per heavy atom. The second-order valence-electron chi connectivity index (χ2n) is 18.9. The molecule has 0 radical (unpaired) electrons. The van der Waals surface area contributed by atoms with E-state index in [2.05, 4.69) is 31.3 Å². The third-order valence-corrected chi connectivity index (χ3v) is 12.8. The molecule has 0 fully saturated rings. The van der Waals surface area contributed by atoms with Crippen LogP contribution in [0.2, 0.25) is 0 Å². The van der Waals surface area contributed by atoms with Crippen molar-refractivity contribution in [3.8, 4) is 0 Å². The van der Waals surface area contributed by atoms with Gasteiger partial charge in [0.25, 0.3) is 0 Å². The third kappa shape index (κ3) is 47.9. The number of amides is 1. The first-order valence-electron chi connectivity index (χ1n) is 27.4. The molecule has 0 aromatic heterocycles. The summed E-state index contributed by atoms with van der Waals surface area (Å²) < 4.78 is 5.43. The van der Waals surface area contributed by atoms with Crippen molar-refractivity contribution in [2.75, 3.05) is 13.2 Å². The van der Waals surface area contributed by atoms with Crippen LogP contribution in [-0.4, -0.2) is 47.4 Å². The first-order chi connectivity index (χ1) is 30.0. The molecule has 0 aliphatic heterocycles. The summed E-state index contributed by atoms with van der Waals surface area (Å²) in [4.78, 5) is 24.5. The molecule has 61 heavy (non-hydrogen) atoms. The number of esters is 1. The summed E-state index contributed by atoms with van der Waals surface area (Å²) in [7, 11) is 0. The molecule has 362 valence electrons. The van der Waals surface area contributed by atoms with Gasteiger partial charge in [-0.3, -0.25) is 9.59 Å². The quantitative estimate of drug-likeness (QED) is 0.0322. The average Bonchev–Trinajstić information content (AvgIpc) is 3.26. The molecule has 0 heterocycles. The largest absolute Gasteiger partial charge is 0.466 e. The van der Waals surface area contributed by atoms with Gasteiger partial charge in [0.05, 0.1) is 25.4 Å². The van der Waals surface area contributed by atoms with E-state index in [-0.39, 0.29) is 18.5 Å². The highest BCUT2D eigenvalue weighted by atomic mass is 16.5. The van der Waals surface area contributed by atoms with Crippen LogP contribution in [0.1, 0.15) is 303 Å². The Balaban J connectivity index is 3.50. The van der Waals surface area contributed by atoms with E-state index >= 15 is 0 Å². The number of allylic oxidation sites excluding steroid dienone is 2. The second-order valence-corrected chi connectivity index (χ2v) is 18.9. The first-order valence-corrected chi connectivity index (χ1v) is 27.4. The van der Waals surface area contributed by atoms with Crippen molar-refractivity contribution >= 4 is 11.9 Å². The van der Waals surface area contributed by atoms with Crippen molar-refractivity contribution in [3.63, 3.8) is 0 Å². The Morgan fingerprint density at radius 3 is 1.16 bits per heavy atom. The maximum Gasteiger partial charge on any atom is 0.305 e. The molecule has 0 aliphatic rings. The lowest BCUT2D eigenvalue weighted by Crippen LogP contribution is -2.45. The normalized spacial score (nSPS) is 12.7. The predicted molar refractivity (Wildman–Crippen MR) is 264 cm³/mol. The van der Waals surface area contributed by atoms with E-state index in [1.807, 2.05) is 0 Å². The Labute approximate surface area is 380 Å². The Kier molecular flexibility index (Phi) is 50.1. The van der Waals surface area contributed by atoms with E-state index in [1.165, 1.54) is 193 Å². The fourth-order valence-electron chi connectivity index (χ4n) is 8.58. The number of aliphatic hydroxyl groups is 2. The summed E-state index contributed by atoms with van der Waals surface area (Å²) in [5.41, 5.74) is 0. The fourth-order valence-corrected chi connectivity index (χ4v) is 8.58. The van der Waals surface area contributed by atoms with Crippen LogP contribution in [0.25, 0.3) is 0 Å². The van der Waals surface area contributed by atoms with Gasteiger partial charge < -0.3 is 20.3 Å². The van der Waals surface area contributed by atoms with Gasteiger partial charge in [-0.2, -0.15) is 0 Å². The number of carbonyl (C=O) groups is 2. The van der Waals surface area contributed by atoms with E-state index in [0.29, 0.717) is 25.9 Å². The SMILES string of the molecule is CCCCCCCCCCCCCCCCCCCCCCCCC(O)C(CO)NC(=O)CCCCCC/C=C\CCCCOC(=O)CCCCCCCCCCCCCC. The second kappa shape index (κ2) is 51.2. The Bertz CT molecular complexity index is 909. The number of hydrogen-bond donors (Lipinski definition) is 3. The van der Waals surface area contributed by atoms with Gasteiger partial charge in [0.2, 0.25) is 5.91 Å². The predicted octanol–water partition coefficient (Wildman–Crippen LogP) is 16.5. The van der Waals surface area contributed by atoms with Gasteiger partial charge in [-0.15, -0.1) is 0 Å². The lowest BCUT2D eigenvalue weighted by Gasteiger charge is -2.22. The van der Waals surface area contributed by atoms with E-state index < -0.39 is 12.1 Å². The standard InChI is InChI=1S/C55H107NO5/c1-3-5-7-9-11-13-15-17-18-19-20-21-22-23-24-25-26-27-31-35-39-43-47-53(58)52(51-57)56-54(59)48-44-40-36-32-29-30-34-38-42-46-50-61-55(60)49-45-41-37-33-28-16-14-12-10-8-6-4-2/h30,34,52-53,57-58H,3-29,31-33,35-51H2,1-2H3,(H,56,59)/b34-30-. The number of unbranched alkanes of at least 4 members (excludes halogenated alkanes) is 38. The van der Waals surface area contributed by atoms with Crippen molar-refractivity contribution in [3.05, 3.63) is 12.2 Å². The maximum atomic E-state index is 12.5. The smallest absolute Gasteiger partial charge is 0.305 e. The molecule has 0 spiro atoms. The number of nitrogens with one attached hydrogen (secondary N) is 1. The van der Waals surface area contributed by atoms with Gasteiger partial charge in [-0.1, -0.05) is 251 Å². The fraction of sp³-hybridized carbons (Fsp3) is 0.927. The summed E-state index contributed by atoms with van der Waals surface area (Å²) in [6.45, 7) is 4.88. The van der Waals surface area contributed by atoms with Gasteiger partial charge in [0, 0.05) is 12.8 Å². The van der Waals surface area contributed by atoms with Crippen LogP contribution in [0.4, 0.5) is 0 Å². The molecule has 2 unspecified atom stereocenters. The molecule has 0 aliphatic carbocycles. The van der Waals surface area contributed by atoms with Crippen LogP contribution in [0.5, 0.6) is 0 Å². The van der Waals surface area contributed by atoms with Crippen LogP contribution in [0, 0.1) is 0 Å². The Morgan fingerprint density at radius 1 is 0.443 bits per heavy atom. The minimum Gasteiger partial charge on any atom is -0.466 e. The lowest BCUT2D eigenvalue weighted by atomic mass is 10.0. The zero-order valence-corrected chi connectivity index (χ0v) is 41.2. The van der Waals surface area contributed by atoms with Crippen LogP contribution in [0.3, 0.4) is 0 Å². The Hall–Kier alpha value is -1.40. The number of hydrogen-bond acceptors (Lipinski definition) is 5. The minimum atomic E-state index is -0.685. The van der Waals surface area contributed by atoms with E-state index in [1.54, 1.807) is 0 Å². The van der Waals surface area contributed by atoms with Crippen LogP contribution in [0.15, 0.2) is 12.2 Å². The molecule has 0 saturated carbocycles. The molecule has 1 amide bonds. The van der Waals surface area contributed by atoms with Crippen LogP contribution >= 0.6 is 0 Å². The van der Waals surface area contributed by atoms with Gasteiger partial charge in [0.1, 0.15) is 0 Å². The van der Waals surface area contributed by atoms with E-state index in [9.17, 15) is 19.8 Å². The number of carbonyl (C=O) groups excluding carboxylic acids is 2. The highest BCUT2D eigenvalue weighted by molar-refractivity contribution is 5.76. The van der Waals surface area contributed by atoms with Gasteiger partial charge in [-0.25, -0.2) is 0 Å². The summed E-state index contributed by atoms with van der Waals surface area (Å²) >= 11 is 0. The lowest BCUT2D eigenvalue weighted by molar-refractivity contribution is -0.143. The van der Waals surface area contributed by atoms with Crippen molar-refractivity contribution in [1.82, 2.24) is 5.32 Å². The zero-order chi connectivity index (χ0) is 44.4. The van der Waals surface area contributed by atoms with Crippen molar-refractivity contribution in [2.24, 2.45) is 0 Å². The summed E-state index contributed by atoms with van der Waals surface area (Å²) in [6, 6.07) is -0.566. The van der Waals surface area contributed by atoms with Gasteiger partial charge in [-0.05, 0) is 51.4 Å². The van der Waals surface area contributed by atoms with Gasteiger partial charge >= 0.3 is 5.97 Å². The average molecular weight is 862 g/mol. The minimum absolute atomic E-state index is 0.0348. The van der Waals surface area contributed by atoms with Crippen molar-refractivity contribution < 1.29 is 24.5 Å². The summed E-state index contributed by atoms with van der Waals surface area (Å²) in [6.07, 6.45) is 59.1. The molecular weight excluding hydrogens is 755 g/mol. The molecule has 2 atom stereocenters. The number of aliphatic hydroxyl groups excluding tert-OH is 2. The van der Waals surface area contributed by atoms with Crippen LogP contribution in [-0.2, 0) is 14.3 Å². The summed E-state index contributed by atoms with van der Waals surface area (Å²) in [5, 5.41) is 23.3. The third-order valence-electron chi connectivity index (χ3n) is 12.8. The van der Waals surface area contributed by atoms with Gasteiger partial charge in [0.15, 0.2) is 0 Å². The van der Waals surface area contributed by atoms with Crippen molar-refractivity contribution in [2.45, 2.75) is 315 Å². The highest BCUT2D eigenvalue weighted by Crippen LogP contribution is 2.17. The van der Waals surface area contributed by atoms with E-state index in [0.717, 1.165) is 77.0 Å². The monoisotopic (exact) mass is 862 g/mol. The molecule has 0 saturated heterocycles. The molecule has 0 rings (SSSR count). The van der Waals surface area contributed by atoms with Crippen LogP contribution < -0.4 is 5.32 Å². The maximum absolute atomic E-state index is 12.5. The molecule has 0 aromatic carbocycles. The topological polar surface area (TPSA) is 95.9 Å². The first kappa shape index (κ1) is 59.6. The number of ether oxygens (including phenoxy) is 1.